The molecule has 3 rings (SSSR count). The molecule has 2 aromatic rings. The van der Waals surface area contributed by atoms with Gasteiger partial charge in [-0.15, -0.1) is 11.3 Å². The van der Waals surface area contributed by atoms with Crippen LogP contribution in [0.2, 0.25) is 0 Å². The second-order valence-corrected chi connectivity index (χ2v) is 9.19. The van der Waals surface area contributed by atoms with Gasteiger partial charge in [-0.05, 0) is 48.8 Å². The Bertz CT molecular complexity index is 976. The zero-order chi connectivity index (χ0) is 21.7. The number of rotatable bonds is 7. The molecule has 2 amide bonds. The molecule has 2 atom stereocenters. The fourth-order valence-electron chi connectivity index (χ4n) is 3.88. The molecule has 1 aromatic heterocycles. The first-order chi connectivity index (χ1) is 14.4. The number of anilines is 2. The van der Waals surface area contributed by atoms with Gasteiger partial charge in [-0.1, -0.05) is 32.0 Å². The molecule has 1 unspecified atom stereocenters. The number of hydrogen-bond acceptors (Lipinski definition) is 4. The van der Waals surface area contributed by atoms with Crippen molar-refractivity contribution in [3.63, 3.8) is 0 Å². The third-order valence-electron chi connectivity index (χ3n) is 5.47. The van der Waals surface area contributed by atoms with E-state index in [0.29, 0.717) is 16.5 Å². The molecule has 0 spiro atoms. The third kappa shape index (κ3) is 5.26. The normalized spacial score (nSPS) is 16.3. The summed E-state index contributed by atoms with van der Waals surface area (Å²) in [7, 11) is 1.82. The minimum Gasteiger partial charge on any atom is -0.322 e. The molecule has 1 heterocycles. The fourth-order valence-corrected chi connectivity index (χ4v) is 5.26. The van der Waals surface area contributed by atoms with E-state index in [1.54, 1.807) is 0 Å². The summed E-state index contributed by atoms with van der Waals surface area (Å²) >= 11 is 1.52. The average Bonchev–Trinajstić information content (AvgIpc) is 3.03. The molecular weight excluding hydrogens is 396 g/mol. The number of amides is 2. The van der Waals surface area contributed by atoms with Crippen LogP contribution in [-0.4, -0.2) is 32.0 Å². The van der Waals surface area contributed by atoms with Crippen LogP contribution in [-0.2, 0) is 28.9 Å². The van der Waals surface area contributed by atoms with E-state index < -0.39 is 0 Å². The number of aryl methyl sites for hydroxylation is 1. The van der Waals surface area contributed by atoms with E-state index in [4.69, 9.17) is 0 Å². The summed E-state index contributed by atoms with van der Waals surface area (Å²) in [5, 5.41) is 16.1. The molecule has 0 fully saturated rings. The predicted octanol–water partition coefficient (Wildman–Crippen LogP) is 2.40. The van der Waals surface area contributed by atoms with Gasteiger partial charge in [-0.2, -0.15) is 5.26 Å². The van der Waals surface area contributed by atoms with Crippen molar-refractivity contribution in [1.29, 1.82) is 5.26 Å². The molecule has 1 aromatic carbocycles. The number of fused-ring (bicyclic) bond motifs is 1. The van der Waals surface area contributed by atoms with E-state index in [9.17, 15) is 14.9 Å². The molecule has 0 saturated heterocycles. The summed E-state index contributed by atoms with van der Waals surface area (Å²) in [5.74, 6) is 0.301. The molecule has 7 heteroatoms. The first-order valence-corrected chi connectivity index (χ1v) is 11.3. The quantitative estimate of drug-likeness (QED) is 0.637. The van der Waals surface area contributed by atoms with Crippen LogP contribution in [0.25, 0.3) is 0 Å². The Labute approximate surface area is 181 Å². The molecular formula is C23H29N4O2S+. The van der Waals surface area contributed by atoms with Crippen molar-refractivity contribution in [2.24, 2.45) is 5.92 Å². The molecule has 1 aliphatic carbocycles. The summed E-state index contributed by atoms with van der Waals surface area (Å²) in [6.07, 6.45) is 3.78. The van der Waals surface area contributed by atoms with Crippen molar-refractivity contribution in [3.05, 3.63) is 45.8 Å². The lowest BCUT2D eigenvalue weighted by molar-refractivity contribution is -0.862. The van der Waals surface area contributed by atoms with Crippen molar-refractivity contribution in [2.45, 2.75) is 39.5 Å². The highest BCUT2D eigenvalue weighted by Gasteiger charge is 2.25. The molecule has 3 N–H and O–H groups in total. The largest absolute Gasteiger partial charge is 0.322 e. The number of carbonyl (C=O) groups is 2. The highest BCUT2D eigenvalue weighted by Crippen LogP contribution is 2.39. The Morgan fingerprint density at radius 3 is 2.63 bits per heavy atom. The lowest BCUT2D eigenvalue weighted by Crippen LogP contribution is -3.11. The van der Waals surface area contributed by atoms with Gasteiger partial charge in [-0.3, -0.25) is 9.59 Å². The van der Waals surface area contributed by atoms with Gasteiger partial charge in [0.15, 0.2) is 13.1 Å². The molecule has 1 aliphatic rings. The van der Waals surface area contributed by atoms with E-state index in [-0.39, 0.29) is 24.9 Å². The van der Waals surface area contributed by atoms with Gasteiger partial charge >= 0.3 is 0 Å². The van der Waals surface area contributed by atoms with Crippen LogP contribution >= 0.6 is 11.3 Å². The maximum absolute atomic E-state index is 12.5. The van der Waals surface area contributed by atoms with Crippen molar-refractivity contribution < 1.29 is 14.5 Å². The second-order valence-electron chi connectivity index (χ2n) is 8.09. The molecule has 158 valence electrons. The lowest BCUT2D eigenvalue weighted by Gasteiger charge is -2.17. The van der Waals surface area contributed by atoms with Crippen LogP contribution in [0.5, 0.6) is 0 Å². The number of nitrogens with one attached hydrogen (secondary N) is 3. The van der Waals surface area contributed by atoms with Gasteiger partial charge in [0.25, 0.3) is 11.8 Å². The standard InChI is InChI=1S/C23H28N4O2S/c1-4-16-7-5-6-8-19(16)25-21(28)13-27(3)14-22(29)26-23-18(12-24)17-10-9-15(2)11-20(17)30-23/h5-8,15H,4,9-11,13-14H2,1-3H3,(H,25,28)(H,26,29)/p+1/t15-/m1/s1. The van der Waals surface area contributed by atoms with Crippen molar-refractivity contribution in [3.8, 4) is 6.07 Å². The predicted molar refractivity (Wildman–Crippen MR) is 120 cm³/mol. The van der Waals surface area contributed by atoms with Gasteiger partial charge in [-0.25, -0.2) is 0 Å². The fraction of sp³-hybridized carbons (Fsp3) is 0.435. The number of thiophene rings is 1. The summed E-state index contributed by atoms with van der Waals surface area (Å²) in [5.41, 5.74) is 3.62. The average molecular weight is 426 g/mol. The number of carbonyl (C=O) groups excluding carboxylic acids is 2. The second kappa shape index (κ2) is 9.88. The summed E-state index contributed by atoms with van der Waals surface area (Å²) < 4.78 is 0. The van der Waals surface area contributed by atoms with Crippen LogP contribution in [0.1, 0.15) is 41.8 Å². The molecule has 30 heavy (non-hydrogen) atoms. The Kier molecular flexibility index (Phi) is 7.24. The molecule has 0 radical (unpaired) electrons. The number of benzene rings is 1. The summed E-state index contributed by atoms with van der Waals surface area (Å²) in [6, 6.07) is 10.0. The highest BCUT2D eigenvalue weighted by molar-refractivity contribution is 7.16. The molecule has 0 bridgehead atoms. The Morgan fingerprint density at radius 2 is 1.93 bits per heavy atom. The SMILES string of the molecule is CCc1ccccc1NC(=O)C[NH+](C)CC(=O)Nc1sc2c(c1C#N)CC[C@@H](C)C2. The number of para-hydroxylation sites is 1. The van der Waals surface area contributed by atoms with E-state index in [1.165, 1.54) is 16.2 Å². The van der Waals surface area contributed by atoms with Gasteiger partial charge in [0.05, 0.1) is 12.6 Å². The Balaban J connectivity index is 1.56. The Morgan fingerprint density at radius 1 is 1.23 bits per heavy atom. The summed E-state index contributed by atoms with van der Waals surface area (Å²) in [6.45, 7) is 4.61. The lowest BCUT2D eigenvalue weighted by atomic mass is 9.89. The number of nitriles is 1. The Hall–Kier alpha value is -2.69. The van der Waals surface area contributed by atoms with Gasteiger partial charge < -0.3 is 15.5 Å². The van der Waals surface area contributed by atoms with Crippen molar-refractivity contribution in [2.75, 3.05) is 30.8 Å². The highest BCUT2D eigenvalue weighted by atomic mass is 32.1. The van der Waals surface area contributed by atoms with Gasteiger partial charge in [0.1, 0.15) is 11.1 Å². The third-order valence-corrected chi connectivity index (χ3v) is 6.64. The van der Waals surface area contributed by atoms with E-state index in [1.807, 2.05) is 38.2 Å². The molecule has 0 saturated carbocycles. The van der Waals surface area contributed by atoms with Gasteiger partial charge in [0, 0.05) is 10.6 Å². The zero-order valence-electron chi connectivity index (χ0n) is 17.8. The number of likely N-dealkylation sites (N-methyl/N-ethyl adjacent to an activating group) is 1. The van der Waals surface area contributed by atoms with E-state index in [2.05, 4.69) is 23.6 Å². The number of nitrogens with zero attached hydrogens (tertiary/aromatic N) is 1. The van der Waals surface area contributed by atoms with Crippen molar-refractivity contribution >= 4 is 33.8 Å². The monoisotopic (exact) mass is 425 g/mol. The van der Waals surface area contributed by atoms with E-state index in [0.717, 1.165) is 47.4 Å². The maximum atomic E-state index is 12.5. The topological polar surface area (TPSA) is 86.4 Å². The smallest absolute Gasteiger partial charge is 0.280 e. The minimum absolute atomic E-state index is 0.125. The molecule has 0 aliphatic heterocycles. The van der Waals surface area contributed by atoms with Crippen LogP contribution in [0.4, 0.5) is 10.7 Å². The molecule has 6 nitrogen and oxygen atoms in total. The number of hydrogen-bond donors (Lipinski definition) is 3. The van der Waals surface area contributed by atoms with Crippen LogP contribution in [0, 0.1) is 17.2 Å². The first-order valence-electron chi connectivity index (χ1n) is 10.4. The van der Waals surface area contributed by atoms with E-state index >= 15 is 0 Å². The maximum Gasteiger partial charge on any atom is 0.280 e. The number of quaternary nitrogens is 1. The minimum atomic E-state index is -0.183. The van der Waals surface area contributed by atoms with Crippen molar-refractivity contribution in [1.82, 2.24) is 0 Å². The first kappa shape index (κ1) is 22.0. The van der Waals surface area contributed by atoms with Crippen LogP contribution in [0.15, 0.2) is 24.3 Å². The van der Waals surface area contributed by atoms with Crippen LogP contribution in [0.3, 0.4) is 0 Å². The van der Waals surface area contributed by atoms with Crippen LogP contribution < -0.4 is 15.5 Å². The summed E-state index contributed by atoms with van der Waals surface area (Å²) in [4.78, 5) is 26.9. The van der Waals surface area contributed by atoms with Gasteiger partial charge in [0.2, 0.25) is 0 Å². The zero-order valence-corrected chi connectivity index (χ0v) is 18.6.